The van der Waals surface area contributed by atoms with Gasteiger partial charge >= 0.3 is 0 Å². The number of carbonyl (C=O) groups excluding carboxylic acids is 1. The molecule has 0 N–H and O–H groups in total. The molecule has 0 bridgehead atoms. The van der Waals surface area contributed by atoms with Crippen molar-refractivity contribution in [2.45, 2.75) is 29.9 Å². The van der Waals surface area contributed by atoms with Crippen LogP contribution in [0.5, 0.6) is 0 Å². The van der Waals surface area contributed by atoms with Crippen LogP contribution >= 0.6 is 31.9 Å². The van der Waals surface area contributed by atoms with Gasteiger partial charge < -0.3 is 0 Å². The molecule has 1 nitrogen and oxygen atoms in total. The second-order valence-electron chi connectivity index (χ2n) is 3.93. The topological polar surface area (TPSA) is 17.1 Å². The lowest BCUT2D eigenvalue weighted by Crippen LogP contribution is -2.24. The van der Waals surface area contributed by atoms with E-state index in [1.54, 1.807) is 0 Å². The van der Waals surface area contributed by atoms with E-state index in [0.29, 0.717) is 0 Å². The van der Waals surface area contributed by atoms with Crippen LogP contribution in [0.4, 0.5) is 0 Å². The van der Waals surface area contributed by atoms with Gasteiger partial charge in [-0.1, -0.05) is 76.0 Å². The maximum atomic E-state index is 12.0. The molecular formula is C13H16Br2O. The van der Waals surface area contributed by atoms with E-state index in [0.717, 1.165) is 12.0 Å². The third-order valence-electron chi connectivity index (χ3n) is 2.74. The van der Waals surface area contributed by atoms with Gasteiger partial charge in [0, 0.05) is 5.92 Å². The van der Waals surface area contributed by atoms with Crippen LogP contribution in [0.15, 0.2) is 30.3 Å². The normalized spacial score (nSPS) is 16.5. The van der Waals surface area contributed by atoms with Crippen molar-refractivity contribution in [2.24, 2.45) is 5.92 Å². The molecule has 0 saturated carbocycles. The van der Waals surface area contributed by atoms with E-state index in [1.165, 1.54) is 0 Å². The average molecular weight is 348 g/mol. The van der Waals surface area contributed by atoms with Crippen LogP contribution in [-0.4, -0.2) is 10.6 Å². The van der Waals surface area contributed by atoms with E-state index in [9.17, 15) is 4.79 Å². The minimum atomic E-state index is -0.162. The van der Waals surface area contributed by atoms with E-state index in [1.807, 2.05) is 44.2 Å². The van der Waals surface area contributed by atoms with E-state index in [2.05, 4.69) is 31.9 Å². The smallest absolute Gasteiger partial charge is 0.150 e. The van der Waals surface area contributed by atoms with Gasteiger partial charge in [-0.3, -0.25) is 4.79 Å². The zero-order valence-electron chi connectivity index (χ0n) is 9.49. The predicted molar refractivity (Wildman–Crippen MR) is 75.3 cm³/mol. The van der Waals surface area contributed by atoms with Crippen molar-refractivity contribution in [1.82, 2.24) is 0 Å². The van der Waals surface area contributed by atoms with Gasteiger partial charge in [-0.25, -0.2) is 0 Å². The summed E-state index contributed by atoms with van der Waals surface area (Å²) >= 11 is 7.07. The van der Waals surface area contributed by atoms with Crippen molar-refractivity contribution in [3.05, 3.63) is 35.9 Å². The standard InChI is InChI=1S/C13H16Br2O/c1-3-9(2)13(16)12(15)11(14)10-7-5-4-6-8-10/h4-9,11-12H,3H2,1-2H3. The van der Waals surface area contributed by atoms with Crippen LogP contribution in [0, 0.1) is 5.92 Å². The van der Waals surface area contributed by atoms with E-state index in [-0.39, 0.29) is 21.4 Å². The fraction of sp³-hybridized carbons (Fsp3) is 0.462. The van der Waals surface area contributed by atoms with E-state index < -0.39 is 0 Å². The summed E-state index contributed by atoms with van der Waals surface area (Å²) in [5, 5.41) is 0. The second-order valence-corrected chi connectivity index (χ2v) is 5.90. The number of benzene rings is 1. The van der Waals surface area contributed by atoms with Crippen molar-refractivity contribution in [2.75, 3.05) is 0 Å². The van der Waals surface area contributed by atoms with Crippen molar-refractivity contribution in [3.63, 3.8) is 0 Å². The van der Waals surface area contributed by atoms with Gasteiger partial charge in [-0.05, 0) is 12.0 Å². The monoisotopic (exact) mass is 346 g/mol. The van der Waals surface area contributed by atoms with Gasteiger partial charge in [0.25, 0.3) is 0 Å². The number of ketones is 1. The summed E-state index contributed by atoms with van der Waals surface area (Å²) in [6, 6.07) is 9.99. The first-order valence-corrected chi connectivity index (χ1v) is 7.27. The fourth-order valence-corrected chi connectivity index (χ4v) is 2.75. The molecule has 0 aliphatic heterocycles. The molecule has 0 amide bonds. The summed E-state index contributed by atoms with van der Waals surface area (Å²) in [5.41, 5.74) is 1.13. The molecule has 0 heterocycles. The molecule has 1 aromatic rings. The Morgan fingerprint density at radius 3 is 2.31 bits per heavy atom. The zero-order chi connectivity index (χ0) is 12.1. The Labute approximate surface area is 114 Å². The lowest BCUT2D eigenvalue weighted by molar-refractivity contribution is -0.121. The number of rotatable bonds is 5. The maximum Gasteiger partial charge on any atom is 0.150 e. The maximum absolute atomic E-state index is 12.0. The SMILES string of the molecule is CCC(C)C(=O)C(Br)C(Br)c1ccccc1. The minimum absolute atomic E-state index is 0.0372. The first kappa shape index (κ1) is 13.9. The van der Waals surface area contributed by atoms with Crippen molar-refractivity contribution in [1.29, 1.82) is 0 Å². The molecule has 0 spiro atoms. The summed E-state index contributed by atoms with van der Waals surface area (Å²) in [4.78, 5) is 11.9. The molecule has 3 heteroatoms. The highest BCUT2D eigenvalue weighted by Gasteiger charge is 2.27. The summed E-state index contributed by atoms with van der Waals surface area (Å²) in [7, 11) is 0. The average Bonchev–Trinajstić information content (AvgIpc) is 2.36. The zero-order valence-corrected chi connectivity index (χ0v) is 12.7. The summed E-state index contributed by atoms with van der Waals surface area (Å²) < 4.78 is 0. The molecule has 1 aromatic carbocycles. The van der Waals surface area contributed by atoms with Gasteiger partial charge in [0.2, 0.25) is 0 Å². The molecule has 0 aliphatic carbocycles. The number of carbonyl (C=O) groups is 1. The Balaban J connectivity index is 2.75. The predicted octanol–water partition coefficient (Wildman–Crippen LogP) is 4.50. The molecule has 0 saturated heterocycles. The Hall–Kier alpha value is -0.150. The van der Waals surface area contributed by atoms with Crippen molar-refractivity contribution in [3.8, 4) is 0 Å². The van der Waals surface area contributed by atoms with Gasteiger partial charge in [0.1, 0.15) is 0 Å². The fourth-order valence-electron chi connectivity index (χ4n) is 1.42. The second kappa shape index (κ2) is 6.55. The molecule has 16 heavy (non-hydrogen) atoms. The number of hydrogen-bond acceptors (Lipinski definition) is 1. The van der Waals surface area contributed by atoms with Crippen LogP contribution in [0.1, 0.15) is 30.7 Å². The third-order valence-corrected chi connectivity index (χ3v) is 5.49. The molecule has 0 radical (unpaired) electrons. The molecule has 88 valence electrons. The van der Waals surface area contributed by atoms with Crippen LogP contribution in [0.2, 0.25) is 0 Å². The highest BCUT2D eigenvalue weighted by atomic mass is 79.9. The molecule has 0 fully saturated rings. The van der Waals surface area contributed by atoms with Crippen LogP contribution in [0.3, 0.4) is 0 Å². The lowest BCUT2D eigenvalue weighted by Gasteiger charge is -2.19. The molecule has 0 aromatic heterocycles. The van der Waals surface area contributed by atoms with Gasteiger partial charge in [0.05, 0.1) is 9.65 Å². The summed E-state index contributed by atoms with van der Waals surface area (Å²) in [6.07, 6.45) is 0.884. The largest absolute Gasteiger partial charge is 0.298 e. The highest BCUT2D eigenvalue weighted by molar-refractivity contribution is 9.12. The van der Waals surface area contributed by atoms with Crippen LogP contribution in [0.25, 0.3) is 0 Å². The summed E-state index contributed by atoms with van der Waals surface area (Å²) in [5.74, 6) is 0.362. The Bertz CT molecular complexity index is 337. The van der Waals surface area contributed by atoms with Gasteiger partial charge in [0.15, 0.2) is 5.78 Å². The highest BCUT2D eigenvalue weighted by Crippen LogP contribution is 2.33. The lowest BCUT2D eigenvalue weighted by atomic mass is 9.97. The number of alkyl halides is 2. The number of halogens is 2. The van der Waals surface area contributed by atoms with E-state index in [4.69, 9.17) is 0 Å². The Morgan fingerprint density at radius 1 is 1.25 bits per heavy atom. The molecule has 3 atom stereocenters. The summed E-state index contributed by atoms with van der Waals surface area (Å²) in [6.45, 7) is 4.01. The first-order chi connectivity index (χ1) is 7.57. The van der Waals surface area contributed by atoms with Crippen molar-refractivity contribution >= 4 is 37.6 Å². The number of Topliss-reactive ketones (excluding diaryl/α,β-unsaturated/α-hetero) is 1. The van der Waals surface area contributed by atoms with Gasteiger partial charge in [-0.2, -0.15) is 0 Å². The van der Waals surface area contributed by atoms with Crippen molar-refractivity contribution < 1.29 is 4.79 Å². The molecule has 1 rings (SSSR count). The number of hydrogen-bond donors (Lipinski definition) is 0. The van der Waals surface area contributed by atoms with Gasteiger partial charge in [-0.15, -0.1) is 0 Å². The molecule has 0 aliphatic rings. The molecular weight excluding hydrogens is 332 g/mol. The third kappa shape index (κ3) is 3.42. The Kier molecular flexibility index (Phi) is 5.70. The first-order valence-electron chi connectivity index (χ1n) is 5.44. The molecule has 3 unspecified atom stereocenters. The van der Waals surface area contributed by atoms with E-state index >= 15 is 0 Å². The Morgan fingerprint density at radius 2 is 1.81 bits per heavy atom. The quantitative estimate of drug-likeness (QED) is 0.716. The minimum Gasteiger partial charge on any atom is -0.298 e. The van der Waals surface area contributed by atoms with Crippen LogP contribution in [-0.2, 0) is 4.79 Å². The van der Waals surface area contributed by atoms with Crippen LogP contribution < -0.4 is 0 Å².